The van der Waals surface area contributed by atoms with Crippen molar-refractivity contribution in [3.05, 3.63) is 58.8 Å². The van der Waals surface area contributed by atoms with E-state index in [4.69, 9.17) is 9.84 Å². The maximum absolute atomic E-state index is 9.05. The molecule has 0 aliphatic carbocycles. The van der Waals surface area contributed by atoms with Gasteiger partial charge in [-0.05, 0) is 24.3 Å². The minimum atomic E-state index is 0.0883. The summed E-state index contributed by atoms with van der Waals surface area (Å²) in [5.41, 5.74) is 1.93. The Morgan fingerprint density at radius 3 is 2.67 bits per heavy atom. The number of nitrogens with one attached hydrogen (secondary N) is 1. The van der Waals surface area contributed by atoms with E-state index >= 15 is 0 Å². The van der Waals surface area contributed by atoms with Gasteiger partial charge in [0.1, 0.15) is 12.4 Å². The standard InChI is InChI=1S/C15H14N2O2S2/c18-8-11-5-6-12(21-20-11)9-19-15-4-2-1-3-13(15)14-7-16-10-17-14/h1-7,10,18H,8-9H2,(H,16,17). The van der Waals surface area contributed by atoms with E-state index in [1.165, 1.54) is 0 Å². The number of benzene rings is 1. The monoisotopic (exact) mass is 318 g/mol. The summed E-state index contributed by atoms with van der Waals surface area (Å²) in [5, 5.41) is 9.05. The molecule has 2 N–H and O–H groups in total. The topological polar surface area (TPSA) is 58.1 Å². The number of hydrogen-bond donors (Lipinski definition) is 2. The fourth-order valence-electron chi connectivity index (χ4n) is 1.87. The summed E-state index contributed by atoms with van der Waals surface area (Å²) in [6.07, 6.45) is 7.36. The summed E-state index contributed by atoms with van der Waals surface area (Å²) in [6, 6.07) is 7.88. The lowest BCUT2D eigenvalue weighted by molar-refractivity contribution is 0.339. The van der Waals surface area contributed by atoms with Gasteiger partial charge in [-0.15, -0.1) is 0 Å². The van der Waals surface area contributed by atoms with Crippen molar-refractivity contribution in [2.24, 2.45) is 0 Å². The zero-order chi connectivity index (χ0) is 14.5. The van der Waals surface area contributed by atoms with Crippen LogP contribution < -0.4 is 4.74 Å². The van der Waals surface area contributed by atoms with Gasteiger partial charge in [0.2, 0.25) is 0 Å². The van der Waals surface area contributed by atoms with E-state index in [1.807, 2.05) is 36.4 Å². The summed E-state index contributed by atoms with van der Waals surface area (Å²) in [7, 11) is 3.19. The second-order valence-corrected chi connectivity index (χ2v) is 6.72. The van der Waals surface area contributed by atoms with Gasteiger partial charge in [0.15, 0.2) is 0 Å². The van der Waals surface area contributed by atoms with Crippen LogP contribution in [0.3, 0.4) is 0 Å². The zero-order valence-corrected chi connectivity index (χ0v) is 12.8. The number of para-hydroxylation sites is 1. The molecule has 3 rings (SSSR count). The fraction of sp³-hybridized carbons (Fsp3) is 0.133. The van der Waals surface area contributed by atoms with Gasteiger partial charge >= 0.3 is 0 Å². The van der Waals surface area contributed by atoms with Crippen LogP contribution in [0.2, 0.25) is 0 Å². The van der Waals surface area contributed by atoms with Gasteiger partial charge in [-0.3, -0.25) is 0 Å². The van der Waals surface area contributed by atoms with Gasteiger partial charge in [0.25, 0.3) is 0 Å². The zero-order valence-electron chi connectivity index (χ0n) is 11.2. The van der Waals surface area contributed by atoms with Crippen molar-refractivity contribution in [2.75, 3.05) is 13.2 Å². The van der Waals surface area contributed by atoms with Crippen molar-refractivity contribution in [1.82, 2.24) is 9.97 Å². The van der Waals surface area contributed by atoms with E-state index in [0.29, 0.717) is 6.61 Å². The van der Waals surface area contributed by atoms with Gasteiger partial charge in [0, 0.05) is 15.4 Å². The number of hydrogen-bond acceptors (Lipinski definition) is 5. The molecule has 2 heterocycles. The number of aliphatic hydroxyl groups excluding tert-OH is 1. The molecular formula is C15H14N2O2S2. The maximum atomic E-state index is 9.05. The number of rotatable bonds is 5. The first kappa shape index (κ1) is 14.3. The van der Waals surface area contributed by atoms with Crippen LogP contribution in [0.1, 0.15) is 0 Å². The minimum absolute atomic E-state index is 0.0883. The van der Waals surface area contributed by atoms with Crippen LogP contribution in [0.25, 0.3) is 11.3 Å². The molecule has 0 spiro atoms. The van der Waals surface area contributed by atoms with E-state index in [1.54, 1.807) is 34.1 Å². The lowest BCUT2D eigenvalue weighted by Crippen LogP contribution is -2.01. The van der Waals surface area contributed by atoms with E-state index < -0.39 is 0 Å². The lowest BCUT2D eigenvalue weighted by Gasteiger charge is -2.14. The average Bonchev–Trinajstić information content (AvgIpc) is 3.08. The summed E-state index contributed by atoms with van der Waals surface area (Å²) in [5.74, 6) is 0.824. The van der Waals surface area contributed by atoms with Gasteiger partial charge in [-0.2, -0.15) is 0 Å². The number of aromatic nitrogens is 2. The predicted octanol–water partition coefficient (Wildman–Crippen LogP) is 3.61. The van der Waals surface area contributed by atoms with Crippen LogP contribution in [-0.2, 0) is 0 Å². The highest BCUT2D eigenvalue weighted by Gasteiger charge is 2.11. The van der Waals surface area contributed by atoms with Crippen LogP contribution >= 0.6 is 21.6 Å². The molecule has 21 heavy (non-hydrogen) atoms. The Hall–Kier alpha value is -1.63. The number of allylic oxidation sites excluding steroid dienone is 2. The van der Waals surface area contributed by atoms with Crippen molar-refractivity contribution >= 4 is 21.6 Å². The molecule has 0 saturated heterocycles. The largest absolute Gasteiger partial charge is 0.488 e. The van der Waals surface area contributed by atoms with Gasteiger partial charge in [-0.25, -0.2) is 4.98 Å². The molecule has 0 atom stereocenters. The molecule has 0 amide bonds. The van der Waals surface area contributed by atoms with E-state index in [0.717, 1.165) is 26.8 Å². The average molecular weight is 318 g/mol. The van der Waals surface area contributed by atoms with Crippen LogP contribution in [0.15, 0.2) is 58.8 Å². The molecule has 1 aliphatic rings. The molecule has 0 fully saturated rings. The highest BCUT2D eigenvalue weighted by molar-refractivity contribution is 8.79. The number of H-pyrrole nitrogens is 1. The molecule has 0 unspecified atom stereocenters. The Bertz CT molecular complexity index is 666. The molecule has 1 aliphatic heterocycles. The van der Waals surface area contributed by atoms with E-state index in [2.05, 4.69) is 9.97 Å². The number of nitrogens with zero attached hydrogens (tertiary/aromatic N) is 1. The Labute approximate surface area is 130 Å². The third-order valence-electron chi connectivity index (χ3n) is 2.91. The van der Waals surface area contributed by atoms with Gasteiger partial charge in [0.05, 0.1) is 24.8 Å². The molecule has 4 nitrogen and oxygen atoms in total. The second-order valence-electron chi connectivity index (χ2n) is 4.34. The lowest BCUT2D eigenvalue weighted by atomic mass is 10.1. The Morgan fingerprint density at radius 2 is 1.95 bits per heavy atom. The predicted molar refractivity (Wildman–Crippen MR) is 88.0 cm³/mol. The second kappa shape index (κ2) is 6.89. The first-order valence-corrected chi connectivity index (χ1v) is 8.57. The third-order valence-corrected chi connectivity index (χ3v) is 5.48. The van der Waals surface area contributed by atoms with Crippen LogP contribution in [-0.4, -0.2) is 28.3 Å². The SMILES string of the molecule is OCC1=CC=C(COc2ccccc2-c2cnc[nH]2)SS1. The number of imidazole rings is 1. The molecule has 1 aromatic carbocycles. The highest BCUT2D eigenvalue weighted by Crippen LogP contribution is 2.40. The summed E-state index contributed by atoms with van der Waals surface area (Å²) in [4.78, 5) is 9.22. The van der Waals surface area contributed by atoms with Crippen molar-refractivity contribution in [1.29, 1.82) is 0 Å². The van der Waals surface area contributed by atoms with Crippen molar-refractivity contribution in [2.45, 2.75) is 0 Å². The fourth-order valence-corrected chi connectivity index (χ4v) is 3.77. The van der Waals surface area contributed by atoms with Gasteiger partial charge < -0.3 is 14.8 Å². The van der Waals surface area contributed by atoms with Crippen LogP contribution in [0.4, 0.5) is 0 Å². The number of aromatic amines is 1. The number of aliphatic hydroxyl groups is 1. The van der Waals surface area contributed by atoms with Crippen molar-refractivity contribution in [3.8, 4) is 17.0 Å². The molecule has 108 valence electrons. The molecule has 1 aromatic heterocycles. The normalized spacial score (nSPS) is 14.5. The highest BCUT2D eigenvalue weighted by atomic mass is 33.1. The molecular weight excluding hydrogens is 304 g/mol. The maximum Gasteiger partial charge on any atom is 0.129 e. The molecule has 6 heteroatoms. The first-order valence-electron chi connectivity index (χ1n) is 6.42. The molecule has 2 aromatic rings. The van der Waals surface area contributed by atoms with Crippen LogP contribution in [0, 0.1) is 0 Å². The molecule has 0 radical (unpaired) electrons. The summed E-state index contributed by atoms with van der Waals surface area (Å²) in [6.45, 7) is 0.600. The molecule has 0 saturated carbocycles. The van der Waals surface area contributed by atoms with E-state index in [-0.39, 0.29) is 6.61 Å². The minimum Gasteiger partial charge on any atom is -0.488 e. The summed E-state index contributed by atoms with van der Waals surface area (Å²) < 4.78 is 5.93. The molecule has 0 bridgehead atoms. The Kier molecular flexibility index (Phi) is 4.69. The Morgan fingerprint density at radius 1 is 1.14 bits per heavy atom. The van der Waals surface area contributed by atoms with Crippen molar-refractivity contribution in [3.63, 3.8) is 0 Å². The van der Waals surface area contributed by atoms with Gasteiger partial charge in [-0.1, -0.05) is 33.7 Å². The summed E-state index contributed by atoms with van der Waals surface area (Å²) >= 11 is 0. The van der Waals surface area contributed by atoms with Crippen LogP contribution in [0.5, 0.6) is 5.75 Å². The third kappa shape index (κ3) is 3.53. The first-order chi connectivity index (χ1) is 10.4. The Balaban J connectivity index is 1.72. The smallest absolute Gasteiger partial charge is 0.129 e. The number of ether oxygens (including phenoxy) is 1. The van der Waals surface area contributed by atoms with E-state index in [9.17, 15) is 0 Å². The quantitative estimate of drug-likeness (QED) is 0.825. The van der Waals surface area contributed by atoms with Crippen molar-refractivity contribution < 1.29 is 9.84 Å².